The molecule has 24 heavy (non-hydrogen) atoms. The van der Waals surface area contributed by atoms with Crippen LogP contribution in [0.4, 0.5) is 22.0 Å². The number of carbonyl (C=O) groups excluding carboxylic acids is 1. The van der Waals surface area contributed by atoms with Gasteiger partial charge in [-0.1, -0.05) is 0 Å². The minimum absolute atomic E-state index is 0.0549. The maximum absolute atomic E-state index is 14.2. The van der Waals surface area contributed by atoms with Crippen molar-refractivity contribution in [1.29, 1.82) is 0 Å². The number of benzene rings is 1. The van der Waals surface area contributed by atoms with Crippen LogP contribution in [0.2, 0.25) is 0 Å². The molecule has 1 aromatic carbocycles. The summed E-state index contributed by atoms with van der Waals surface area (Å²) in [6.45, 7) is 1.37. The summed E-state index contributed by atoms with van der Waals surface area (Å²) < 4.78 is 75.0. The Morgan fingerprint density at radius 1 is 1.08 bits per heavy atom. The van der Waals surface area contributed by atoms with Crippen molar-refractivity contribution in [3.63, 3.8) is 0 Å². The van der Waals surface area contributed by atoms with E-state index >= 15 is 0 Å². The standard InChI is InChI=1S/C15H10F5NO3/c1-7-9(5-6-11(16)21-7)24-10-4-3-8(15(18,19)20)13(17)12(10)14(22)23-2/h3-6H,1-2H3. The summed E-state index contributed by atoms with van der Waals surface area (Å²) in [7, 11) is 0.885. The van der Waals surface area contributed by atoms with Crippen LogP contribution in [0.15, 0.2) is 24.3 Å². The molecule has 4 nitrogen and oxygen atoms in total. The molecule has 128 valence electrons. The topological polar surface area (TPSA) is 48.4 Å². The number of hydrogen-bond donors (Lipinski definition) is 0. The molecule has 0 fully saturated rings. The Kier molecular flexibility index (Phi) is 4.72. The Morgan fingerprint density at radius 3 is 2.25 bits per heavy atom. The Bertz CT molecular complexity index is 789. The molecule has 2 aromatic rings. The normalized spacial score (nSPS) is 11.3. The van der Waals surface area contributed by atoms with Gasteiger partial charge in [0.25, 0.3) is 0 Å². The zero-order valence-corrected chi connectivity index (χ0v) is 12.4. The van der Waals surface area contributed by atoms with Crippen LogP contribution < -0.4 is 4.74 Å². The lowest BCUT2D eigenvalue weighted by molar-refractivity contribution is -0.140. The van der Waals surface area contributed by atoms with E-state index in [0.717, 1.165) is 25.3 Å². The fourth-order valence-corrected chi connectivity index (χ4v) is 1.90. The van der Waals surface area contributed by atoms with Gasteiger partial charge < -0.3 is 9.47 Å². The monoisotopic (exact) mass is 347 g/mol. The fraction of sp³-hybridized carbons (Fsp3) is 0.200. The Morgan fingerprint density at radius 2 is 1.71 bits per heavy atom. The van der Waals surface area contributed by atoms with Crippen LogP contribution >= 0.6 is 0 Å². The van der Waals surface area contributed by atoms with Crippen molar-refractivity contribution in [3.8, 4) is 11.5 Å². The quantitative estimate of drug-likeness (QED) is 0.473. The molecule has 0 amide bonds. The summed E-state index contributed by atoms with van der Waals surface area (Å²) in [6, 6.07) is 3.30. The molecular weight excluding hydrogens is 337 g/mol. The molecule has 0 unspecified atom stereocenters. The van der Waals surface area contributed by atoms with Gasteiger partial charge in [-0.25, -0.2) is 14.2 Å². The predicted molar refractivity (Wildman–Crippen MR) is 71.7 cm³/mol. The molecular formula is C15H10F5NO3. The highest BCUT2D eigenvalue weighted by atomic mass is 19.4. The van der Waals surface area contributed by atoms with Crippen molar-refractivity contribution < 1.29 is 36.2 Å². The fourth-order valence-electron chi connectivity index (χ4n) is 1.90. The third kappa shape index (κ3) is 3.44. The first kappa shape index (κ1) is 17.6. The van der Waals surface area contributed by atoms with Gasteiger partial charge in [0, 0.05) is 0 Å². The highest BCUT2D eigenvalue weighted by Crippen LogP contribution is 2.37. The van der Waals surface area contributed by atoms with E-state index in [9.17, 15) is 26.7 Å². The van der Waals surface area contributed by atoms with Crippen molar-refractivity contribution in [2.45, 2.75) is 13.1 Å². The van der Waals surface area contributed by atoms with Crippen molar-refractivity contribution in [3.05, 3.63) is 52.9 Å². The summed E-state index contributed by atoms with van der Waals surface area (Å²) in [5.74, 6) is -4.53. The number of pyridine rings is 1. The second-order valence-corrected chi connectivity index (χ2v) is 4.61. The Labute approximate surface area is 132 Å². The van der Waals surface area contributed by atoms with Crippen LogP contribution in [-0.4, -0.2) is 18.1 Å². The summed E-state index contributed by atoms with van der Waals surface area (Å²) >= 11 is 0. The smallest absolute Gasteiger partial charge is 0.419 e. The second-order valence-electron chi connectivity index (χ2n) is 4.61. The summed E-state index contributed by atoms with van der Waals surface area (Å²) in [4.78, 5) is 15.1. The van der Waals surface area contributed by atoms with E-state index < -0.39 is 40.8 Å². The first-order valence-corrected chi connectivity index (χ1v) is 6.44. The van der Waals surface area contributed by atoms with E-state index in [1.165, 1.54) is 6.92 Å². The number of aryl methyl sites for hydroxylation is 1. The van der Waals surface area contributed by atoms with E-state index in [4.69, 9.17) is 4.74 Å². The van der Waals surface area contributed by atoms with E-state index in [0.29, 0.717) is 6.07 Å². The lowest BCUT2D eigenvalue weighted by Gasteiger charge is -2.15. The number of ether oxygens (including phenoxy) is 2. The molecule has 0 atom stereocenters. The van der Waals surface area contributed by atoms with Gasteiger partial charge >= 0.3 is 12.1 Å². The number of rotatable bonds is 3. The van der Waals surface area contributed by atoms with Gasteiger partial charge in [0.15, 0.2) is 5.82 Å². The van der Waals surface area contributed by atoms with Crippen molar-refractivity contribution in [2.75, 3.05) is 7.11 Å². The predicted octanol–water partition coefficient (Wildman–Crippen LogP) is 4.27. The first-order valence-electron chi connectivity index (χ1n) is 6.44. The van der Waals surface area contributed by atoms with E-state index in [1.54, 1.807) is 0 Å². The van der Waals surface area contributed by atoms with Crippen LogP contribution in [0, 0.1) is 18.7 Å². The van der Waals surface area contributed by atoms with Gasteiger partial charge in [-0.2, -0.15) is 17.6 Å². The van der Waals surface area contributed by atoms with Crippen LogP contribution in [0.25, 0.3) is 0 Å². The number of halogens is 5. The summed E-state index contributed by atoms with van der Waals surface area (Å²) in [5, 5.41) is 0. The Balaban J connectivity index is 2.57. The van der Waals surface area contributed by atoms with Gasteiger partial charge in [-0.05, 0) is 31.2 Å². The summed E-state index contributed by atoms with van der Waals surface area (Å²) in [6.07, 6.45) is -5.00. The molecule has 1 heterocycles. The maximum Gasteiger partial charge on any atom is 0.419 e. The number of alkyl halides is 3. The van der Waals surface area contributed by atoms with Crippen LogP contribution in [0.5, 0.6) is 11.5 Å². The van der Waals surface area contributed by atoms with Crippen LogP contribution in [0.1, 0.15) is 21.6 Å². The molecule has 0 radical (unpaired) electrons. The SMILES string of the molecule is COC(=O)c1c(Oc2ccc(F)nc2C)ccc(C(F)(F)F)c1F. The second kappa shape index (κ2) is 6.42. The number of hydrogen-bond acceptors (Lipinski definition) is 4. The molecule has 0 aliphatic carbocycles. The average Bonchev–Trinajstić information content (AvgIpc) is 2.48. The van der Waals surface area contributed by atoms with Crippen molar-refractivity contribution in [1.82, 2.24) is 4.98 Å². The van der Waals surface area contributed by atoms with Gasteiger partial charge in [0.05, 0.1) is 18.4 Å². The van der Waals surface area contributed by atoms with Crippen molar-refractivity contribution in [2.24, 2.45) is 0 Å². The lowest BCUT2D eigenvalue weighted by Crippen LogP contribution is -2.14. The molecule has 0 aliphatic rings. The van der Waals surface area contributed by atoms with Gasteiger partial charge in [0.1, 0.15) is 17.1 Å². The average molecular weight is 347 g/mol. The number of esters is 1. The molecule has 1 aromatic heterocycles. The molecule has 0 bridgehead atoms. The van der Waals surface area contributed by atoms with Gasteiger partial charge in [-0.15, -0.1) is 0 Å². The zero-order valence-electron chi connectivity index (χ0n) is 12.4. The third-order valence-corrected chi connectivity index (χ3v) is 3.02. The molecule has 9 heteroatoms. The third-order valence-electron chi connectivity index (χ3n) is 3.02. The highest BCUT2D eigenvalue weighted by molar-refractivity contribution is 5.93. The number of carbonyl (C=O) groups is 1. The number of nitrogens with zero attached hydrogens (tertiary/aromatic N) is 1. The minimum atomic E-state index is -5.00. The molecule has 2 rings (SSSR count). The summed E-state index contributed by atoms with van der Waals surface area (Å²) in [5.41, 5.74) is -2.59. The first-order chi connectivity index (χ1) is 11.1. The van der Waals surface area contributed by atoms with E-state index in [-0.39, 0.29) is 11.4 Å². The van der Waals surface area contributed by atoms with E-state index in [1.807, 2.05) is 0 Å². The Hall–Kier alpha value is -2.71. The van der Waals surface area contributed by atoms with Gasteiger partial charge in [-0.3, -0.25) is 0 Å². The highest BCUT2D eigenvalue weighted by Gasteiger charge is 2.37. The van der Waals surface area contributed by atoms with E-state index in [2.05, 4.69) is 9.72 Å². The number of methoxy groups -OCH3 is 1. The minimum Gasteiger partial charge on any atom is -0.465 e. The molecule has 0 saturated heterocycles. The largest absolute Gasteiger partial charge is 0.465 e. The molecule has 0 saturated carbocycles. The molecule has 0 N–H and O–H groups in total. The lowest BCUT2D eigenvalue weighted by atomic mass is 10.1. The zero-order chi connectivity index (χ0) is 18.1. The molecule has 0 aliphatic heterocycles. The van der Waals surface area contributed by atoms with Crippen molar-refractivity contribution >= 4 is 5.97 Å². The number of aromatic nitrogens is 1. The van der Waals surface area contributed by atoms with Crippen LogP contribution in [0.3, 0.4) is 0 Å². The molecule has 0 spiro atoms. The van der Waals surface area contributed by atoms with Crippen LogP contribution in [-0.2, 0) is 10.9 Å². The maximum atomic E-state index is 14.2. The van der Waals surface area contributed by atoms with Gasteiger partial charge in [0.2, 0.25) is 5.95 Å².